The minimum Gasteiger partial charge on any atom is -0.327 e. The lowest BCUT2D eigenvalue weighted by atomic mass is 9.70. The monoisotopic (exact) mass is 187 g/mol. The van der Waals surface area contributed by atoms with Crippen LogP contribution >= 0.6 is 12.4 Å². The van der Waals surface area contributed by atoms with E-state index in [1.165, 1.54) is 32.1 Å². The molecule has 0 amide bonds. The first kappa shape index (κ1) is 8.83. The predicted molar refractivity (Wildman–Crippen MR) is 52.3 cm³/mol. The van der Waals surface area contributed by atoms with Gasteiger partial charge in [0.2, 0.25) is 0 Å². The molecule has 2 heteroatoms. The molecule has 3 aliphatic carbocycles. The molecule has 0 aromatic carbocycles. The lowest BCUT2D eigenvalue weighted by molar-refractivity contribution is 0.156. The zero-order valence-corrected chi connectivity index (χ0v) is 8.22. The smallest absolute Gasteiger partial charge is 0.00725 e. The summed E-state index contributed by atoms with van der Waals surface area (Å²) in [5.41, 5.74) is 6.14. The molecule has 3 rings (SSSR count). The van der Waals surface area contributed by atoms with Crippen LogP contribution in [0.3, 0.4) is 0 Å². The number of halogens is 1. The highest BCUT2D eigenvalue weighted by Crippen LogP contribution is 2.54. The minimum atomic E-state index is 0. The van der Waals surface area contributed by atoms with Crippen LogP contribution in [0.15, 0.2) is 0 Å². The molecule has 0 spiro atoms. The van der Waals surface area contributed by atoms with Gasteiger partial charge in [-0.15, -0.1) is 12.4 Å². The lowest BCUT2D eigenvalue weighted by Gasteiger charge is -2.37. The number of hydrogen-bond acceptors (Lipinski definition) is 1. The molecule has 3 saturated carbocycles. The van der Waals surface area contributed by atoms with E-state index in [0.717, 1.165) is 23.7 Å². The van der Waals surface area contributed by atoms with E-state index in [2.05, 4.69) is 0 Å². The van der Waals surface area contributed by atoms with Crippen LogP contribution in [0.2, 0.25) is 0 Å². The second-order valence-corrected chi connectivity index (χ2v) is 5.00. The van der Waals surface area contributed by atoms with Crippen LogP contribution < -0.4 is 5.73 Å². The van der Waals surface area contributed by atoms with Crippen LogP contribution in [-0.2, 0) is 0 Å². The number of fused-ring (bicyclic) bond motifs is 2. The Hall–Kier alpha value is 0.250. The Morgan fingerprint density at radius 1 is 0.833 bits per heavy atom. The molecule has 12 heavy (non-hydrogen) atoms. The Morgan fingerprint density at radius 2 is 1.50 bits per heavy atom. The minimum absolute atomic E-state index is 0. The normalized spacial score (nSPS) is 55.2. The topological polar surface area (TPSA) is 26.0 Å². The molecule has 70 valence electrons. The van der Waals surface area contributed by atoms with Crippen molar-refractivity contribution in [3.05, 3.63) is 0 Å². The first-order valence-corrected chi connectivity index (χ1v) is 5.08. The third-order valence-electron chi connectivity index (χ3n) is 4.31. The van der Waals surface area contributed by atoms with Crippen molar-refractivity contribution in [2.75, 3.05) is 0 Å². The van der Waals surface area contributed by atoms with Gasteiger partial charge in [0.15, 0.2) is 0 Å². The molecular weight excluding hydrogens is 170 g/mol. The molecule has 0 radical (unpaired) electrons. The number of nitrogens with two attached hydrogens (primary N) is 1. The Kier molecular flexibility index (Phi) is 2.12. The fourth-order valence-electron chi connectivity index (χ4n) is 4.01. The Balaban J connectivity index is 0.000000563. The van der Waals surface area contributed by atoms with Crippen molar-refractivity contribution in [3.8, 4) is 0 Å². The van der Waals surface area contributed by atoms with Gasteiger partial charge in [0.1, 0.15) is 0 Å². The molecule has 0 saturated heterocycles. The largest absolute Gasteiger partial charge is 0.327 e. The molecular formula is C10H18ClN. The lowest BCUT2D eigenvalue weighted by Crippen LogP contribution is -2.39. The van der Waals surface area contributed by atoms with Crippen LogP contribution in [-0.4, -0.2) is 6.04 Å². The Morgan fingerprint density at radius 3 is 2.25 bits per heavy atom. The summed E-state index contributed by atoms with van der Waals surface area (Å²) in [5.74, 6) is 4.08. The van der Waals surface area contributed by atoms with Gasteiger partial charge in [-0.25, -0.2) is 0 Å². The van der Waals surface area contributed by atoms with Gasteiger partial charge in [0.05, 0.1) is 0 Å². The quantitative estimate of drug-likeness (QED) is 0.618. The maximum Gasteiger partial charge on any atom is 0.00725 e. The maximum absolute atomic E-state index is 6.14. The van der Waals surface area contributed by atoms with E-state index in [4.69, 9.17) is 5.73 Å². The second-order valence-electron chi connectivity index (χ2n) is 5.00. The molecule has 2 N–H and O–H groups in total. The number of hydrogen-bond donors (Lipinski definition) is 1. The summed E-state index contributed by atoms with van der Waals surface area (Å²) in [6.07, 6.45) is 7.38. The van der Waals surface area contributed by atoms with E-state index in [9.17, 15) is 0 Å². The van der Waals surface area contributed by atoms with Crippen LogP contribution in [0.5, 0.6) is 0 Å². The van der Waals surface area contributed by atoms with E-state index in [1.807, 2.05) is 0 Å². The number of rotatable bonds is 0. The van der Waals surface area contributed by atoms with Gasteiger partial charge in [-0.1, -0.05) is 0 Å². The first-order chi connectivity index (χ1) is 5.33. The highest BCUT2D eigenvalue weighted by molar-refractivity contribution is 5.85. The summed E-state index contributed by atoms with van der Waals surface area (Å²) in [6, 6.07) is 0.575. The fourth-order valence-corrected chi connectivity index (χ4v) is 4.01. The van der Waals surface area contributed by atoms with Gasteiger partial charge in [-0.2, -0.15) is 0 Å². The van der Waals surface area contributed by atoms with E-state index in [1.54, 1.807) is 0 Å². The van der Waals surface area contributed by atoms with E-state index < -0.39 is 0 Å². The van der Waals surface area contributed by atoms with Crippen molar-refractivity contribution in [1.29, 1.82) is 0 Å². The molecule has 0 heterocycles. The molecule has 5 atom stereocenters. The highest BCUT2D eigenvalue weighted by atomic mass is 35.5. The third kappa shape index (κ3) is 1.10. The Labute approximate surface area is 80.5 Å². The van der Waals surface area contributed by atoms with Crippen molar-refractivity contribution in [1.82, 2.24) is 0 Å². The predicted octanol–water partition coefficient (Wildman–Crippen LogP) is 2.19. The van der Waals surface area contributed by atoms with E-state index in [0.29, 0.717) is 6.04 Å². The fraction of sp³-hybridized carbons (Fsp3) is 1.00. The van der Waals surface area contributed by atoms with Gasteiger partial charge in [-0.3, -0.25) is 0 Å². The third-order valence-corrected chi connectivity index (χ3v) is 4.31. The van der Waals surface area contributed by atoms with Gasteiger partial charge >= 0.3 is 0 Å². The molecule has 2 unspecified atom stereocenters. The molecule has 3 fully saturated rings. The summed E-state index contributed by atoms with van der Waals surface area (Å²) >= 11 is 0. The van der Waals surface area contributed by atoms with Crippen LogP contribution in [0.1, 0.15) is 32.1 Å². The van der Waals surface area contributed by atoms with Crippen LogP contribution in [0.4, 0.5) is 0 Å². The molecule has 0 aromatic heterocycles. The van der Waals surface area contributed by atoms with Crippen LogP contribution in [0.25, 0.3) is 0 Å². The molecule has 1 nitrogen and oxygen atoms in total. The van der Waals surface area contributed by atoms with Crippen molar-refractivity contribution in [2.45, 2.75) is 38.1 Å². The first-order valence-electron chi connectivity index (χ1n) is 5.08. The van der Waals surface area contributed by atoms with Gasteiger partial charge < -0.3 is 5.73 Å². The molecule has 0 aliphatic heterocycles. The van der Waals surface area contributed by atoms with Gasteiger partial charge in [-0.05, 0) is 55.8 Å². The van der Waals surface area contributed by atoms with Crippen molar-refractivity contribution < 1.29 is 0 Å². The molecule has 3 aliphatic rings. The molecule has 0 aromatic rings. The zero-order chi connectivity index (χ0) is 7.42. The van der Waals surface area contributed by atoms with Crippen molar-refractivity contribution in [2.24, 2.45) is 29.4 Å². The highest BCUT2D eigenvalue weighted by Gasteiger charge is 2.47. The zero-order valence-electron chi connectivity index (χ0n) is 7.41. The SMILES string of the molecule is Cl.NC1C[C@@H]2C[C@@H]3CC1[C@H](C2)C3. The summed E-state index contributed by atoms with van der Waals surface area (Å²) in [4.78, 5) is 0. The van der Waals surface area contributed by atoms with E-state index >= 15 is 0 Å². The average molecular weight is 188 g/mol. The summed E-state index contributed by atoms with van der Waals surface area (Å²) in [6.45, 7) is 0. The van der Waals surface area contributed by atoms with E-state index in [-0.39, 0.29) is 12.4 Å². The molecule has 3 bridgehead atoms. The second kappa shape index (κ2) is 2.88. The van der Waals surface area contributed by atoms with Gasteiger partial charge in [0, 0.05) is 6.04 Å². The van der Waals surface area contributed by atoms with Crippen molar-refractivity contribution in [3.63, 3.8) is 0 Å². The Bertz CT molecular complexity index is 178. The summed E-state index contributed by atoms with van der Waals surface area (Å²) < 4.78 is 0. The average Bonchev–Trinajstić information content (AvgIpc) is 2.19. The van der Waals surface area contributed by atoms with Crippen LogP contribution in [0, 0.1) is 23.7 Å². The van der Waals surface area contributed by atoms with Gasteiger partial charge in [0.25, 0.3) is 0 Å². The van der Waals surface area contributed by atoms with Crippen molar-refractivity contribution >= 4 is 12.4 Å². The maximum atomic E-state index is 6.14. The summed E-state index contributed by atoms with van der Waals surface area (Å²) in [5, 5.41) is 0. The summed E-state index contributed by atoms with van der Waals surface area (Å²) in [7, 11) is 0. The standard InChI is InChI=1S/C10H17N.ClH/c11-10-5-7-1-6-2-8(3-7)9(10)4-6;/h6-10H,1-5,11H2;1H/t6-,7+,8-,9?,10?;/m0./s1.